The minimum atomic E-state index is -3.58. The lowest BCUT2D eigenvalue weighted by Gasteiger charge is -2.12. The molecule has 7 heteroatoms. The molecule has 0 saturated carbocycles. The molecule has 0 heterocycles. The summed E-state index contributed by atoms with van der Waals surface area (Å²) in [7, 11) is -2.10. The van der Waals surface area contributed by atoms with Crippen LogP contribution >= 0.6 is 11.6 Å². The van der Waals surface area contributed by atoms with Crippen molar-refractivity contribution in [1.29, 1.82) is 5.26 Å². The van der Waals surface area contributed by atoms with E-state index in [0.29, 0.717) is 22.1 Å². The SMILES string of the molecule is COc1cc(/C=C(\C#N)S(C)(=O)=O)ccc1OCc1ccccc1Cl. The summed E-state index contributed by atoms with van der Waals surface area (Å²) in [6.07, 6.45) is 2.27. The van der Waals surface area contributed by atoms with Crippen molar-refractivity contribution in [3.8, 4) is 17.6 Å². The van der Waals surface area contributed by atoms with E-state index >= 15 is 0 Å². The summed E-state index contributed by atoms with van der Waals surface area (Å²) in [5, 5.41) is 9.58. The van der Waals surface area contributed by atoms with Gasteiger partial charge in [0.05, 0.1) is 7.11 Å². The molecule has 0 spiro atoms. The molecule has 0 amide bonds. The molecule has 5 nitrogen and oxygen atoms in total. The Morgan fingerprint density at radius 2 is 1.96 bits per heavy atom. The van der Waals surface area contributed by atoms with Gasteiger partial charge in [0.1, 0.15) is 17.6 Å². The normalized spacial score (nSPS) is 11.7. The summed E-state index contributed by atoms with van der Waals surface area (Å²) >= 11 is 6.10. The van der Waals surface area contributed by atoms with Crippen LogP contribution in [-0.4, -0.2) is 21.8 Å². The zero-order valence-electron chi connectivity index (χ0n) is 13.7. The van der Waals surface area contributed by atoms with Crippen LogP contribution in [-0.2, 0) is 16.4 Å². The highest BCUT2D eigenvalue weighted by atomic mass is 35.5. The van der Waals surface area contributed by atoms with Crippen molar-refractivity contribution in [3.05, 3.63) is 63.5 Å². The highest BCUT2D eigenvalue weighted by Crippen LogP contribution is 2.30. The van der Waals surface area contributed by atoms with Gasteiger partial charge in [0.15, 0.2) is 21.3 Å². The van der Waals surface area contributed by atoms with Crippen molar-refractivity contribution in [3.63, 3.8) is 0 Å². The molecule has 0 N–H and O–H groups in total. The van der Waals surface area contributed by atoms with Gasteiger partial charge < -0.3 is 9.47 Å². The van der Waals surface area contributed by atoms with E-state index in [9.17, 15) is 8.42 Å². The third-order valence-corrected chi connectivity index (χ3v) is 4.71. The maximum absolute atomic E-state index is 11.5. The molecule has 0 unspecified atom stereocenters. The topological polar surface area (TPSA) is 76.4 Å². The number of nitriles is 1. The van der Waals surface area contributed by atoms with Crippen LogP contribution in [0.4, 0.5) is 0 Å². The molecule has 0 bridgehead atoms. The number of halogens is 1. The van der Waals surface area contributed by atoms with Crippen LogP contribution in [0.25, 0.3) is 6.08 Å². The van der Waals surface area contributed by atoms with Gasteiger partial charge >= 0.3 is 0 Å². The molecule has 0 aliphatic carbocycles. The Kier molecular flexibility index (Phi) is 6.07. The number of nitrogens with zero attached hydrogens (tertiary/aromatic N) is 1. The first-order valence-electron chi connectivity index (χ1n) is 7.21. The third-order valence-electron chi connectivity index (χ3n) is 3.34. The van der Waals surface area contributed by atoms with E-state index in [1.165, 1.54) is 13.2 Å². The van der Waals surface area contributed by atoms with Crippen molar-refractivity contribution >= 4 is 27.5 Å². The van der Waals surface area contributed by atoms with E-state index < -0.39 is 9.84 Å². The van der Waals surface area contributed by atoms with E-state index in [1.54, 1.807) is 30.3 Å². The van der Waals surface area contributed by atoms with E-state index in [4.69, 9.17) is 26.3 Å². The number of benzene rings is 2. The summed E-state index contributed by atoms with van der Waals surface area (Å²) in [5.41, 5.74) is 1.35. The zero-order valence-corrected chi connectivity index (χ0v) is 15.3. The molecular weight excluding hydrogens is 362 g/mol. The number of hydrogen-bond donors (Lipinski definition) is 0. The number of rotatable bonds is 6. The Hall–Kier alpha value is -2.49. The third kappa shape index (κ3) is 4.99. The van der Waals surface area contributed by atoms with Crippen molar-refractivity contribution in [1.82, 2.24) is 0 Å². The first-order chi connectivity index (χ1) is 11.8. The van der Waals surface area contributed by atoms with E-state index in [0.717, 1.165) is 11.8 Å². The first-order valence-corrected chi connectivity index (χ1v) is 9.48. The second kappa shape index (κ2) is 8.06. The molecule has 2 aromatic carbocycles. The zero-order chi connectivity index (χ0) is 18.4. The number of ether oxygens (including phenoxy) is 2. The maximum Gasteiger partial charge on any atom is 0.185 e. The van der Waals surface area contributed by atoms with Gasteiger partial charge in [-0.3, -0.25) is 0 Å². The molecule has 0 atom stereocenters. The quantitative estimate of drug-likeness (QED) is 0.715. The van der Waals surface area contributed by atoms with Gasteiger partial charge in [-0.05, 0) is 29.8 Å². The number of hydrogen-bond acceptors (Lipinski definition) is 5. The molecular formula is C18H16ClNO4S. The van der Waals surface area contributed by atoms with Crippen LogP contribution in [0.2, 0.25) is 5.02 Å². The molecule has 0 saturated heterocycles. The highest BCUT2D eigenvalue weighted by Gasteiger charge is 2.12. The average Bonchev–Trinajstić information content (AvgIpc) is 2.58. The van der Waals surface area contributed by atoms with Gasteiger partial charge in [0.2, 0.25) is 0 Å². The monoisotopic (exact) mass is 377 g/mol. The standard InChI is InChI=1S/C18H16ClNO4S/c1-23-18-10-13(9-15(11-20)25(2,21)22)7-8-17(18)24-12-14-5-3-4-6-16(14)19/h3-10H,12H2,1-2H3/b15-9+. The summed E-state index contributed by atoms with van der Waals surface area (Å²) in [6.45, 7) is 0.262. The molecule has 130 valence electrons. The highest BCUT2D eigenvalue weighted by molar-refractivity contribution is 7.95. The van der Waals surface area contributed by atoms with Gasteiger partial charge in [-0.1, -0.05) is 35.9 Å². The fourth-order valence-electron chi connectivity index (χ4n) is 2.04. The Bertz CT molecular complexity index is 946. The fraction of sp³-hybridized carbons (Fsp3) is 0.167. The maximum atomic E-state index is 11.5. The smallest absolute Gasteiger partial charge is 0.185 e. The van der Waals surface area contributed by atoms with Crippen molar-refractivity contribution < 1.29 is 17.9 Å². The predicted octanol–water partition coefficient (Wildman–Crippen LogP) is 3.84. The molecule has 0 fully saturated rings. The lowest BCUT2D eigenvalue weighted by molar-refractivity contribution is 0.284. The molecule has 0 aliphatic heterocycles. The van der Waals surface area contributed by atoms with Gasteiger partial charge in [0, 0.05) is 16.8 Å². The molecule has 0 aromatic heterocycles. The number of sulfone groups is 1. The lowest BCUT2D eigenvalue weighted by atomic mass is 10.2. The minimum absolute atomic E-state index is 0.262. The van der Waals surface area contributed by atoms with Crippen molar-refractivity contribution in [2.75, 3.05) is 13.4 Å². The fourth-order valence-corrected chi connectivity index (χ4v) is 2.74. The van der Waals surface area contributed by atoms with Crippen LogP contribution in [0, 0.1) is 11.3 Å². The van der Waals surface area contributed by atoms with Crippen LogP contribution < -0.4 is 9.47 Å². The number of allylic oxidation sites excluding steroid dienone is 1. The van der Waals surface area contributed by atoms with Crippen LogP contribution in [0.3, 0.4) is 0 Å². The average molecular weight is 378 g/mol. The van der Waals surface area contributed by atoms with Gasteiger partial charge in [0.25, 0.3) is 0 Å². The van der Waals surface area contributed by atoms with Crippen LogP contribution in [0.15, 0.2) is 47.4 Å². The van der Waals surface area contributed by atoms with Gasteiger partial charge in [-0.2, -0.15) is 5.26 Å². The van der Waals surface area contributed by atoms with Crippen molar-refractivity contribution in [2.24, 2.45) is 0 Å². The second-order valence-corrected chi connectivity index (χ2v) is 7.57. The van der Waals surface area contributed by atoms with Gasteiger partial charge in [-0.15, -0.1) is 0 Å². The Morgan fingerprint density at radius 1 is 1.24 bits per heavy atom. The number of methoxy groups -OCH3 is 1. The Morgan fingerprint density at radius 3 is 2.56 bits per heavy atom. The Balaban J connectivity index is 2.27. The minimum Gasteiger partial charge on any atom is -0.493 e. The molecule has 2 aromatic rings. The van der Waals surface area contributed by atoms with Crippen LogP contribution in [0.1, 0.15) is 11.1 Å². The predicted molar refractivity (Wildman–Crippen MR) is 97.2 cm³/mol. The molecule has 0 aliphatic rings. The van der Waals surface area contributed by atoms with E-state index in [1.807, 2.05) is 18.2 Å². The van der Waals surface area contributed by atoms with E-state index in [-0.39, 0.29) is 11.5 Å². The van der Waals surface area contributed by atoms with Crippen molar-refractivity contribution in [2.45, 2.75) is 6.61 Å². The van der Waals surface area contributed by atoms with Crippen LogP contribution in [0.5, 0.6) is 11.5 Å². The Labute approximate surface area is 152 Å². The summed E-state index contributed by atoms with van der Waals surface area (Å²) in [5.74, 6) is 0.907. The summed E-state index contributed by atoms with van der Waals surface area (Å²) in [6, 6.07) is 13.9. The molecule has 25 heavy (non-hydrogen) atoms. The van der Waals surface area contributed by atoms with E-state index in [2.05, 4.69) is 0 Å². The summed E-state index contributed by atoms with van der Waals surface area (Å²) in [4.78, 5) is -0.320. The lowest BCUT2D eigenvalue weighted by Crippen LogP contribution is -2.00. The summed E-state index contributed by atoms with van der Waals surface area (Å²) < 4.78 is 34.1. The molecule has 0 radical (unpaired) electrons. The first kappa shape index (κ1) is 18.8. The van der Waals surface area contributed by atoms with Gasteiger partial charge in [-0.25, -0.2) is 8.42 Å². The largest absolute Gasteiger partial charge is 0.493 e. The molecule has 2 rings (SSSR count). The second-order valence-electron chi connectivity index (χ2n) is 5.18.